The molecule has 0 radical (unpaired) electrons. The molecule has 0 unspecified atom stereocenters. The smallest absolute Gasteiger partial charge is 0.171 e. The summed E-state index contributed by atoms with van der Waals surface area (Å²) >= 11 is 0. The summed E-state index contributed by atoms with van der Waals surface area (Å²) in [4.78, 5) is 16.3. The van der Waals surface area contributed by atoms with Crippen molar-refractivity contribution in [1.82, 2.24) is 4.98 Å². The molecule has 98 valence electrons. The number of nitrogens with zero attached hydrogens (tertiary/aromatic N) is 1. The number of hydrogen-bond donors (Lipinski definition) is 0. The third-order valence-electron chi connectivity index (χ3n) is 2.64. The Morgan fingerprint density at radius 3 is 2.68 bits per heavy atom. The second kappa shape index (κ2) is 6.14. The number of Topliss-reactive ketones (excluding diaryl/α,β-unsaturated/α-hetero) is 1. The molecule has 0 aliphatic rings. The fourth-order valence-electron chi connectivity index (χ4n) is 1.84. The molecule has 2 aromatic rings. The Hall–Kier alpha value is -2.16. The largest absolute Gasteiger partial charge is 0.490 e. The highest BCUT2D eigenvalue weighted by molar-refractivity contribution is 5.99. The molecule has 0 atom stereocenters. The summed E-state index contributed by atoms with van der Waals surface area (Å²) in [7, 11) is 0. The predicted molar refractivity (Wildman–Crippen MR) is 74.5 cm³/mol. The lowest BCUT2D eigenvalue weighted by atomic mass is 10.0. The zero-order valence-electron chi connectivity index (χ0n) is 11.2. The topological polar surface area (TPSA) is 39.2 Å². The maximum Gasteiger partial charge on any atom is 0.171 e. The Balaban J connectivity index is 2.19. The van der Waals surface area contributed by atoms with Crippen LogP contribution in [0.2, 0.25) is 0 Å². The van der Waals surface area contributed by atoms with Crippen LogP contribution in [0, 0.1) is 0 Å². The van der Waals surface area contributed by atoms with Crippen molar-refractivity contribution < 1.29 is 9.53 Å². The minimum absolute atomic E-state index is 0.0456. The van der Waals surface area contributed by atoms with Crippen molar-refractivity contribution in [1.29, 1.82) is 0 Å². The van der Waals surface area contributed by atoms with E-state index >= 15 is 0 Å². The van der Waals surface area contributed by atoms with Gasteiger partial charge in [0, 0.05) is 18.8 Å². The maximum atomic E-state index is 12.3. The van der Waals surface area contributed by atoms with Crippen molar-refractivity contribution in [3.8, 4) is 5.75 Å². The molecule has 0 saturated heterocycles. The van der Waals surface area contributed by atoms with Crippen molar-refractivity contribution in [2.45, 2.75) is 26.4 Å². The molecule has 0 amide bonds. The molecule has 1 heterocycles. The van der Waals surface area contributed by atoms with E-state index in [0.29, 0.717) is 17.7 Å². The molecule has 3 heteroatoms. The van der Waals surface area contributed by atoms with Gasteiger partial charge >= 0.3 is 0 Å². The van der Waals surface area contributed by atoms with E-state index < -0.39 is 0 Å². The highest BCUT2D eigenvalue weighted by Crippen LogP contribution is 2.21. The Kier molecular flexibility index (Phi) is 4.29. The lowest BCUT2D eigenvalue weighted by Gasteiger charge is -2.13. The summed E-state index contributed by atoms with van der Waals surface area (Å²) in [6, 6.07) is 11.1. The van der Waals surface area contributed by atoms with Gasteiger partial charge in [0.15, 0.2) is 5.78 Å². The molecule has 0 bridgehead atoms. The van der Waals surface area contributed by atoms with Gasteiger partial charge in [-0.15, -0.1) is 0 Å². The van der Waals surface area contributed by atoms with Crippen LogP contribution >= 0.6 is 0 Å². The summed E-state index contributed by atoms with van der Waals surface area (Å²) in [5.41, 5.74) is 1.53. The molecule has 2 rings (SSSR count). The zero-order valence-corrected chi connectivity index (χ0v) is 11.2. The SMILES string of the molecule is CC(C)Oc1ccccc1C(=O)Cc1cccnc1. The number of carbonyl (C=O) groups is 1. The summed E-state index contributed by atoms with van der Waals surface area (Å²) in [5.74, 6) is 0.690. The first-order valence-electron chi connectivity index (χ1n) is 6.34. The Bertz CT molecular complexity index is 550. The highest BCUT2D eigenvalue weighted by atomic mass is 16.5. The average molecular weight is 255 g/mol. The van der Waals surface area contributed by atoms with Crippen LogP contribution in [0.4, 0.5) is 0 Å². The minimum atomic E-state index is 0.0456. The standard InChI is InChI=1S/C16H17NO2/c1-12(2)19-16-8-4-3-7-14(16)15(18)10-13-6-5-9-17-11-13/h3-9,11-12H,10H2,1-2H3. The number of ether oxygens (including phenoxy) is 1. The predicted octanol–water partition coefficient (Wildman–Crippen LogP) is 3.29. The van der Waals surface area contributed by atoms with Crippen LogP contribution in [-0.4, -0.2) is 16.9 Å². The number of para-hydroxylation sites is 1. The van der Waals surface area contributed by atoms with E-state index in [1.165, 1.54) is 0 Å². The molecule has 1 aromatic carbocycles. The normalized spacial score (nSPS) is 10.5. The maximum absolute atomic E-state index is 12.3. The molecule has 0 fully saturated rings. The second-order valence-electron chi connectivity index (χ2n) is 4.62. The van der Waals surface area contributed by atoms with E-state index in [9.17, 15) is 4.79 Å². The summed E-state index contributed by atoms with van der Waals surface area (Å²) in [5, 5.41) is 0. The van der Waals surface area contributed by atoms with E-state index in [1.54, 1.807) is 18.5 Å². The van der Waals surface area contributed by atoms with Gasteiger partial charge in [-0.25, -0.2) is 0 Å². The number of hydrogen-bond acceptors (Lipinski definition) is 3. The molecule has 0 spiro atoms. The molecule has 3 nitrogen and oxygen atoms in total. The first kappa shape index (κ1) is 13.3. The lowest BCUT2D eigenvalue weighted by molar-refractivity contribution is 0.0987. The number of pyridine rings is 1. The monoisotopic (exact) mass is 255 g/mol. The first-order chi connectivity index (χ1) is 9.16. The van der Waals surface area contributed by atoms with E-state index in [-0.39, 0.29) is 11.9 Å². The van der Waals surface area contributed by atoms with E-state index in [1.807, 2.05) is 44.2 Å². The van der Waals surface area contributed by atoms with Gasteiger partial charge in [0.1, 0.15) is 5.75 Å². The van der Waals surface area contributed by atoms with Gasteiger partial charge in [-0.2, -0.15) is 0 Å². The van der Waals surface area contributed by atoms with Crippen LogP contribution in [0.25, 0.3) is 0 Å². The van der Waals surface area contributed by atoms with Gasteiger partial charge in [0.2, 0.25) is 0 Å². The Morgan fingerprint density at radius 1 is 1.21 bits per heavy atom. The number of aromatic nitrogens is 1. The van der Waals surface area contributed by atoms with Crippen molar-refractivity contribution in [2.24, 2.45) is 0 Å². The van der Waals surface area contributed by atoms with Gasteiger partial charge in [-0.05, 0) is 37.6 Å². The molecular formula is C16H17NO2. The molecule has 1 aromatic heterocycles. The molecule has 0 aliphatic carbocycles. The first-order valence-corrected chi connectivity index (χ1v) is 6.34. The molecule has 0 aliphatic heterocycles. The van der Waals surface area contributed by atoms with Gasteiger partial charge in [0.05, 0.1) is 11.7 Å². The second-order valence-corrected chi connectivity index (χ2v) is 4.62. The Morgan fingerprint density at radius 2 is 2.00 bits per heavy atom. The van der Waals surface area contributed by atoms with Crippen molar-refractivity contribution in [3.05, 3.63) is 59.9 Å². The van der Waals surface area contributed by atoms with Gasteiger partial charge in [-0.3, -0.25) is 9.78 Å². The number of ketones is 1. The number of benzene rings is 1. The van der Waals surface area contributed by atoms with Crippen molar-refractivity contribution in [3.63, 3.8) is 0 Å². The van der Waals surface area contributed by atoms with Crippen LogP contribution in [0.1, 0.15) is 29.8 Å². The van der Waals surface area contributed by atoms with Crippen LogP contribution in [0.15, 0.2) is 48.8 Å². The fourth-order valence-corrected chi connectivity index (χ4v) is 1.84. The van der Waals surface area contributed by atoms with Crippen LogP contribution in [0.3, 0.4) is 0 Å². The molecule has 0 saturated carbocycles. The van der Waals surface area contributed by atoms with Gasteiger partial charge in [0.25, 0.3) is 0 Å². The average Bonchev–Trinajstić information content (AvgIpc) is 2.39. The third-order valence-corrected chi connectivity index (χ3v) is 2.64. The Labute approximate surface area is 113 Å². The minimum Gasteiger partial charge on any atom is -0.490 e. The quantitative estimate of drug-likeness (QED) is 0.769. The molecule has 0 N–H and O–H groups in total. The van der Waals surface area contributed by atoms with E-state index in [2.05, 4.69) is 4.98 Å². The number of rotatable bonds is 5. The van der Waals surface area contributed by atoms with Crippen LogP contribution in [-0.2, 0) is 6.42 Å². The van der Waals surface area contributed by atoms with Gasteiger partial charge in [-0.1, -0.05) is 18.2 Å². The van der Waals surface area contributed by atoms with E-state index in [0.717, 1.165) is 5.56 Å². The molecular weight excluding hydrogens is 238 g/mol. The van der Waals surface area contributed by atoms with Gasteiger partial charge < -0.3 is 4.74 Å². The van der Waals surface area contributed by atoms with E-state index in [4.69, 9.17) is 4.74 Å². The third kappa shape index (κ3) is 3.65. The van der Waals surface area contributed by atoms with Crippen LogP contribution in [0.5, 0.6) is 5.75 Å². The fraction of sp³-hybridized carbons (Fsp3) is 0.250. The summed E-state index contributed by atoms with van der Waals surface area (Å²) < 4.78 is 5.67. The lowest BCUT2D eigenvalue weighted by Crippen LogP contribution is -2.11. The molecule has 19 heavy (non-hydrogen) atoms. The summed E-state index contributed by atoms with van der Waals surface area (Å²) in [6.45, 7) is 3.89. The van der Waals surface area contributed by atoms with Crippen molar-refractivity contribution >= 4 is 5.78 Å². The number of carbonyl (C=O) groups excluding carboxylic acids is 1. The zero-order chi connectivity index (χ0) is 13.7. The highest BCUT2D eigenvalue weighted by Gasteiger charge is 2.13. The van der Waals surface area contributed by atoms with Crippen molar-refractivity contribution in [2.75, 3.05) is 0 Å². The van der Waals surface area contributed by atoms with Crippen LogP contribution < -0.4 is 4.74 Å². The summed E-state index contributed by atoms with van der Waals surface area (Å²) in [6.07, 6.45) is 3.80.